The Bertz CT molecular complexity index is 244. The molecular weight excluding hydrogens is 148 g/mol. The van der Waals surface area contributed by atoms with Gasteiger partial charge >= 0.3 is 0 Å². The molecule has 3 rings (SSSR count). The Morgan fingerprint density at radius 3 is 2.42 bits per heavy atom. The minimum atomic E-state index is -0.155. The summed E-state index contributed by atoms with van der Waals surface area (Å²) in [5, 5.41) is 0. The van der Waals surface area contributed by atoms with Crippen molar-refractivity contribution in [2.45, 2.75) is 39.5 Å². The lowest BCUT2D eigenvalue weighted by Crippen LogP contribution is -2.46. The molecule has 0 amide bonds. The molecule has 0 aliphatic heterocycles. The van der Waals surface area contributed by atoms with Crippen LogP contribution in [0.25, 0.3) is 0 Å². The standard InChI is InChI=1S/C11H16O/c1-8-6-10(2)4-5-11(8,3)9(12)7-10/h1,4-7H2,2-3H3. The van der Waals surface area contributed by atoms with Gasteiger partial charge in [-0.15, -0.1) is 0 Å². The van der Waals surface area contributed by atoms with Gasteiger partial charge in [0.05, 0.1) is 0 Å². The fraction of sp³-hybridized carbons (Fsp3) is 0.727. The summed E-state index contributed by atoms with van der Waals surface area (Å²) in [6.45, 7) is 8.33. The van der Waals surface area contributed by atoms with Crippen LogP contribution in [0.4, 0.5) is 0 Å². The summed E-state index contributed by atoms with van der Waals surface area (Å²) in [4.78, 5) is 11.7. The predicted molar refractivity (Wildman–Crippen MR) is 48.8 cm³/mol. The number of ketones is 1. The Labute approximate surface area is 73.8 Å². The minimum Gasteiger partial charge on any atom is -0.299 e. The first-order valence-corrected chi connectivity index (χ1v) is 4.68. The van der Waals surface area contributed by atoms with Crippen molar-refractivity contribution in [2.75, 3.05) is 0 Å². The smallest absolute Gasteiger partial charge is 0.143 e. The Morgan fingerprint density at radius 2 is 1.92 bits per heavy atom. The molecule has 0 N–H and O–H groups in total. The summed E-state index contributed by atoms with van der Waals surface area (Å²) < 4.78 is 0. The van der Waals surface area contributed by atoms with Gasteiger partial charge in [0.15, 0.2) is 0 Å². The molecule has 1 nitrogen and oxygen atoms in total. The van der Waals surface area contributed by atoms with Gasteiger partial charge in [-0.05, 0) is 31.6 Å². The zero-order valence-corrected chi connectivity index (χ0v) is 7.94. The average molecular weight is 164 g/mol. The van der Waals surface area contributed by atoms with Crippen LogP contribution in [0.2, 0.25) is 0 Å². The van der Waals surface area contributed by atoms with Gasteiger partial charge in [0.2, 0.25) is 0 Å². The molecule has 2 bridgehead atoms. The Balaban J connectivity index is 2.42. The number of rotatable bonds is 0. The molecule has 3 fully saturated rings. The number of hydrogen-bond donors (Lipinski definition) is 0. The lowest BCUT2D eigenvalue weighted by molar-refractivity contribution is -0.135. The predicted octanol–water partition coefficient (Wildman–Crippen LogP) is 2.71. The highest BCUT2D eigenvalue weighted by molar-refractivity contribution is 5.90. The van der Waals surface area contributed by atoms with E-state index in [9.17, 15) is 4.79 Å². The molecule has 2 unspecified atom stereocenters. The summed E-state index contributed by atoms with van der Waals surface area (Å²) in [6.07, 6.45) is 4.08. The monoisotopic (exact) mass is 164 g/mol. The largest absolute Gasteiger partial charge is 0.299 e. The normalized spacial score (nSPS) is 46.8. The van der Waals surface area contributed by atoms with Crippen molar-refractivity contribution in [3.8, 4) is 0 Å². The summed E-state index contributed by atoms with van der Waals surface area (Å²) in [5.41, 5.74) is 1.27. The van der Waals surface area contributed by atoms with E-state index in [4.69, 9.17) is 0 Å². The van der Waals surface area contributed by atoms with Crippen LogP contribution in [0.1, 0.15) is 39.5 Å². The van der Waals surface area contributed by atoms with E-state index in [0.29, 0.717) is 5.78 Å². The Kier molecular flexibility index (Phi) is 1.35. The Morgan fingerprint density at radius 1 is 1.25 bits per heavy atom. The number of carbonyl (C=O) groups is 1. The van der Waals surface area contributed by atoms with Gasteiger partial charge in [0.1, 0.15) is 5.78 Å². The fourth-order valence-electron chi connectivity index (χ4n) is 2.60. The van der Waals surface area contributed by atoms with Crippen LogP contribution in [-0.2, 0) is 4.79 Å². The van der Waals surface area contributed by atoms with Crippen molar-refractivity contribution < 1.29 is 4.79 Å². The van der Waals surface area contributed by atoms with E-state index in [1.165, 1.54) is 12.0 Å². The number of allylic oxidation sites excluding steroid dienone is 1. The van der Waals surface area contributed by atoms with Crippen LogP contribution in [0.3, 0.4) is 0 Å². The molecule has 3 aliphatic rings. The molecule has 12 heavy (non-hydrogen) atoms. The maximum absolute atomic E-state index is 11.7. The highest BCUT2D eigenvalue weighted by Gasteiger charge is 2.51. The summed E-state index contributed by atoms with van der Waals surface area (Å²) in [7, 11) is 0. The van der Waals surface area contributed by atoms with Crippen LogP contribution in [0.15, 0.2) is 12.2 Å². The molecule has 0 aromatic rings. The van der Waals surface area contributed by atoms with Crippen molar-refractivity contribution in [3.05, 3.63) is 12.2 Å². The van der Waals surface area contributed by atoms with Crippen molar-refractivity contribution in [2.24, 2.45) is 10.8 Å². The van der Waals surface area contributed by atoms with E-state index >= 15 is 0 Å². The maximum Gasteiger partial charge on any atom is 0.143 e. The molecule has 3 saturated carbocycles. The highest BCUT2D eigenvalue weighted by Crippen LogP contribution is 2.56. The van der Waals surface area contributed by atoms with Crippen molar-refractivity contribution in [1.82, 2.24) is 0 Å². The van der Waals surface area contributed by atoms with Crippen molar-refractivity contribution in [1.29, 1.82) is 0 Å². The summed E-state index contributed by atoms with van der Waals surface area (Å²) in [6, 6.07) is 0. The minimum absolute atomic E-state index is 0.155. The third kappa shape index (κ3) is 0.825. The molecule has 66 valence electrons. The molecule has 2 atom stereocenters. The third-order valence-corrected chi connectivity index (χ3v) is 3.85. The van der Waals surface area contributed by atoms with Crippen LogP contribution >= 0.6 is 0 Å². The van der Waals surface area contributed by atoms with Gasteiger partial charge < -0.3 is 0 Å². The molecule has 0 radical (unpaired) electrons. The van der Waals surface area contributed by atoms with Crippen molar-refractivity contribution >= 4 is 5.78 Å². The number of Topliss-reactive ketones (excluding diaryl/α,β-unsaturated/α-hetero) is 1. The second-order valence-corrected chi connectivity index (χ2v) is 5.02. The molecule has 0 heterocycles. The van der Waals surface area contributed by atoms with Crippen LogP contribution < -0.4 is 0 Å². The second kappa shape index (κ2) is 2.01. The average Bonchev–Trinajstić information content (AvgIpc) is 1.95. The molecule has 0 saturated heterocycles. The number of carbonyl (C=O) groups excluding carboxylic acids is 1. The zero-order chi connectivity index (χ0) is 8.98. The Hall–Kier alpha value is -0.590. The van der Waals surface area contributed by atoms with Crippen LogP contribution in [0, 0.1) is 10.8 Å². The van der Waals surface area contributed by atoms with Crippen molar-refractivity contribution in [3.63, 3.8) is 0 Å². The fourth-order valence-corrected chi connectivity index (χ4v) is 2.60. The van der Waals surface area contributed by atoms with Gasteiger partial charge in [0, 0.05) is 11.8 Å². The van der Waals surface area contributed by atoms with Gasteiger partial charge in [-0.2, -0.15) is 0 Å². The van der Waals surface area contributed by atoms with E-state index < -0.39 is 0 Å². The van der Waals surface area contributed by atoms with E-state index in [-0.39, 0.29) is 10.8 Å². The van der Waals surface area contributed by atoms with Crippen LogP contribution in [-0.4, -0.2) is 5.78 Å². The van der Waals surface area contributed by atoms with E-state index in [1.807, 2.05) is 0 Å². The topological polar surface area (TPSA) is 17.1 Å². The molecular formula is C11H16O. The number of hydrogen-bond acceptors (Lipinski definition) is 1. The first-order chi connectivity index (χ1) is 5.46. The maximum atomic E-state index is 11.7. The third-order valence-electron chi connectivity index (χ3n) is 3.85. The molecule has 0 aromatic heterocycles. The van der Waals surface area contributed by atoms with Crippen LogP contribution in [0.5, 0.6) is 0 Å². The van der Waals surface area contributed by atoms with E-state index in [0.717, 1.165) is 19.3 Å². The molecule has 3 aliphatic carbocycles. The van der Waals surface area contributed by atoms with Gasteiger partial charge in [-0.1, -0.05) is 19.1 Å². The first kappa shape index (κ1) is 8.03. The lowest BCUT2D eigenvalue weighted by atomic mass is 9.52. The highest BCUT2D eigenvalue weighted by atomic mass is 16.1. The molecule has 0 spiro atoms. The first-order valence-electron chi connectivity index (χ1n) is 4.68. The SMILES string of the molecule is C=C1CC2(C)CCC1(C)C(=O)C2. The second-order valence-electron chi connectivity index (χ2n) is 5.02. The van der Waals surface area contributed by atoms with Gasteiger partial charge in [0.25, 0.3) is 0 Å². The lowest BCUT2D eigenvalue weighted by Gasteiger charge is -2.50. The van der Waals surface area contributed by atoms with Gasteiger partial charge in [-0.3, -0.25) is 4.79 Å². The van der Waals surface area contributed by atoms with Gasteiger partial charge in [-0.25, -0.2) is 0 Å². The van der Waals surface area contributed by atoms with E-state index in [2.05, 4.69) is 20.4 Å². The quantitative estimate of drug-likeness (QED) is 0.503. The van der Waals surface area contributed by atoms with E-state index in [1.54, 1.807) is 0 Å². The molecule has 1 heteroatoms. The summed E-state index contributed by atoms with van der Waals surface area (Å²) in [5.74, 6) is 0.424. The summed E-state index contributed by atoms with van der Waals surface area (Å²) >= 11 is 0. The molecule has 0 aromatic carbocycles. The number of fused-ring (bicyclic) bond motifs is 3. The zero-order valence-electron chi connectivity index (χ0n) is 7.94.